The van der Waals surface area contributed by atoms with E-state index in [1.165, 1.54) is 25.9 Å². The van der Waals surface area contributed by atoms with Gasteiger partial charge >= 0.3 is 0 Å². The third-order valence-corrected chi connectivity index (χ3v) is 3.88. The van der Waals surface area contributed by atoms with E-state index in [1.807, 2.05) is 0 Å². The van der Waals surface area contributed by atoms with Gasteiger partial charge in [-0.15, -0.1) is 0 Å². The molecule has 0 aromatic rings. The van der Waals surface area contributed by atoms with Gasteiger partial charge in [0.2, 0.25) is 0 Å². The van der Waals surface area contributed by atoms with Crippen molar-refractivity contribution >= 4 is 0 Å². The second kappa shape index (κ2) is 5.48. The van der Waals surface area contributed by atoms with Crippen LogP contribution in [0.4, 0.5) is 0 Å². The molecule has 2 aliphatic heterocycles. The first-order valence-electron chi connectivity index (χ1n) is 6.76. The highest BCUT2D eigenvalue weighted by atomic mass is 16.5. The maximum atomic E-state index is 5.92. The highest BCUT2D eigenvalue weighted by molar-refractivity contribution is 4.81. The van der Waals surface area contributed by atoms with Crippen molar-refractivity contribution in [3.63, 3.8) is 0 Å². The van der Waals surface area contributed by atoms with Gasteiger partial charge in [0, 0.05) is 25.0 Å². The molecule has 0 amide bonds. The summed E-state index contributed by atoms with van der Waals surface area (Å²) in [6, 6.07) is 0.672. The average Bonchev–Trinajstić information content (AvgIpc) is 2.30. The first-order valence-corrected chi connectivity index (χ1v) is 6.76. The number of piperidine rings is 1. The van der Waals surface area contributed by atoms with E-state index < -0.39 is 0 Å². The van der Waals surface area contributed by atoms with Crippen LogP contribution in [0, 0.1) is 11.8 Å². The topological polar surface area (TPSA) is 24.5 Å². The van der Waals surface area contributed by atoms with Crippen LogP contribution >= 0.6 is 0 Å². The fourth-order valence-electron chi connectivity index (χ4n) is 2.76. The largest absolute Gasteiger partial charge is 0.363 e. The Morgan fingerprint density at radius 1 is 1.38 bits per heavy atom. The van der Waals surface area contributed by atoms with Crippen LogP contribution in [0.15, 0.2) is 0 Å². The number of rotatable bonds is 2. The molecule has 3 unspecified atom stereocenters. The Hall–Kier alpha value is -0.120. The first-order chi connectivity index (χ1) is 7.66. The van der Waals surface area contributed by atoms with Crippen LogP contribution in [-0.4, -0.2) is 43.4 Å². The molecular weight excluding hydrogens is 200 g/mol. The number of ether oxygens (including phenoxy) is 1. The summed E-state index contributed by atoms with van der Waals surface area (Å²) >= 11 is 0. The van der Waals surface area contributed by atoms with Crippen LogP contribution in [0.3, 0.4) is 0 Å². The Balaban J connectivity index is 1.84. The highest BCUT2D eigenvalue weighted by Gasteiger charge is 2.30. The fourth-order valence-corrected chi connectivity index (χ4v) is 2.76. The van der Waals surface area contributed by atoms with Gasteiger partial charge in [-0.3, -0.25) is 5.32 Å². The second-order valence-corrected chi connectivity index (χ2v) is 5.76. The Morgan fingerprint density at radius 3 is 2.81 bits per heavy atom. The molecule has 0 bridgehead atoms. The van der Waals surface area contributed by atoms with Crippen LogP contribution in [0.25, 0.3) is 0 Å². The van der Waals surface area contributed by atoms with Gasteiger partial charge in [0.1, 0.15) is 6.23 Å². The number of likely N-dealkylation sites (tertiary alicyclic amines) is 1. The molecule has 3 atom stereocenters. The quantitative estimate of drug-likeness (QED) is 0.775. The van der Waals surface area contributed by atoms with Crippen molar-refractivity contribution in [2.45, 2.75) is 45.9 Å². The van der Waals surface area contributed by atoms with E-state index in [9.17, 15) is 0 Å². The maximum Gasteiger partial charge on any atom is 0.112 e. The fraction of sp³-hybridized carbons (Fsp3) is 1.00. The van der Waals surface area contributed by atoms with Gasteiger partial charge < -0.3 is 9.64 Å². The van der Waals surface area contributed by atoms with Gasteiger partial charge in [-0.05, 0) is 39.2 Å². The molecule has 3 nitrogen and oxygen atoms in total. The predicted octanol–water partition coefficient (Wildman–Crippen LogP) is 1.69. The van der Waals surface area contributed by atoms with Gasteiger partial charge in [0.15, 0.2) is 0 Å². The molecule has 2 aliphatic rings. The van der Waals surface area contributed by atoms with Crippen LogP contribution in [0.5, 0.6) is 0 Å². The summed E-state index contributed by atoms with van der Waals surface area (Å²) in [6.07, 6.45) is 2.94. The standard InChI is InChI=1S/C13H26N2O/c1-10(2)15-6-4-5-12(8-15)13-14-7-11(3)9-16-13/h10-14H,4-9H2,1-3H3. The molecule has 2 fully saturated rings. The summed E-state index contributed by atoms with van der Waals surface area (Å²) < 4.78 is 5.92. The van der Waals surface area contributed by atoms with Gasteiger partial charge in [-0.1, -0.05) is 6.92 Å². The van der Waals surface area contributed by atoms with Gasteiger partial charge in [0.05, 0.1) is 6.61 Å². The molecule has 0 saturated carbocycles. The van der Waals surface area contributed by atoms with Gasteiger partial charge in [-0.25, -0.2) is 0 Å². The molecule has 0 aromatic carbocycles. The van der Waals surface area contributed by atoms with E-state index in [2.05, 4.69) is 31.0 Å². The minimum atomic E-state index is 0.303. The monoisotopic (exact) mass is 226 g/mol. The molecule has 0 aromatic heterocycles. The zero-order valence-electron chi connectivity index (χ0n) is 10.9. The molecule has 94 valence electrons. The van der Waals surface area contributed by atoms with Crippen molar-refractivity contribution in [3.05, 3.63) is 0 Å². The van der Waals surface area contributed by atoms with Crippen LogP contribution in [0.2, 0.25) is 0 Å². The first kappa shape index (κ1) is 12.3. The van der Waals surface area contributed by atoms with Crippen LogP contribution in [0.1, 0.15) is 33.6 Å². The SMILES string of the molecule is CC1CNC(C2CCCN(C(C)C)C2)OC1. The summed E-state index contributed by atoms with van der Waals surface area (Å²) in [5.41, 5.74) is 0. The molecule has 2 heterocycles. The second-order valence-electron chi connectivity index (χ2n) is 5.76. The molecule has 3 heteroatoms. The highest BCUT2D eigenvalue weighted by Crippen LogP contribution is 2.23. The lowest BCUT2D eigenvalue weighted by molar-refractivity contribution is -0.0745. The zero-order valence-corrected chi connectivity index (χ0v) is 10.9. The summed E-state index contributed by atoms with van der Waals surface area (Å²) in [6.45, 7) is 11.3. The summed E-state index contributed by atoms with van der Waals surface area (Å²) in [5, 5.41) is 3.55. The van der Waals surface area contributed by atoms with E-state index in [0.717, 1.165) is 13.2 Å². The van der Waals surface area contributed by atoms with E-state index in [-0.39, 0.29) is 0 Å². The van der Waals surface area contributed by atoms with Crippen molar-refractivity contribution in [1.29, 1.82) is 0 Å². The number of hydrogen-bond acceptors (Lipinski definition) is 3. The molecule has 0 spiro atoms. The maximum absolute atomic E-state index is 5.92. The van der Waals surface area contributed by atoms with E-state index >= 15 is 0 Å². The lowest BCUT2D eigenvalue weighted by atomic mass is 9.94. The smallest absolute Gasteiger partial charge is 0.112 e. The molecule has 16 heavy (non-hydrogen) atoms. The zero-order chi connectivity index (χ0) is 11.5. The summed E-state index contributed by atoms with van der Waals surface area (Å²) in [4.78, 5) is 2.58. The third kappa shape index (κ3) is 2.96. The Bertz CT molecular complexity index is 212. The van der Waals surface area contributed by atoms with Crippen molar-refractivity contribution < 1.29 is 4.74 Å². The lowest BCUT2D eigenvalue weighted by Gasteiger charge is -2.41. The van der Waals surface area contributed by atoms with Crippen molar-refractivity contribution in [2.24, 2.45) is 11.8 Å². The van der Waals surface area contributed by atoms with E-state index in [0.29, 0.717) is 24.1 Å². The van der Waals surface area contributed by atoms with E-state index in [1.54, 1.807) is 0 Å². The molecule has 0 aliphatic carbocycles. The minimum absolute atomic E-state index is 0.303. The normalized spacial score (nSPS) is 37.9. The Labute approximate surface area is 99.5 Å². The van der Waals surface area contributed by atoms with Crippen molar-refractivity contribution in [3.8, 4) is 0 Å². The number of nitrogens with zero attached hydrogens (tertiary/aromatic N) is 1. The summed E-state index contributed by atoms with van der Waals surface area (Å²) in [5.74, 6) is 1.35. The number of nitrogens with one attached hydrogen (secondary N) is 1. The molecule has 1 N–H and O–H groups in total. The minimum Gasteiger partial charge on any atom is -0.363 e. The Kier molecular flexibility index (Phi) is 4.22. The molecule has 2 saturated heterocycles. The van der Waals surface area contributed by atoms with Crippen molar-refractivity contribution in [1.82, 2.24) is 10.2 Å². The Morgan fingerprint density at radius 2 is 2.19 bits per heavy atom. The number of hydrogen-bond donors (Lipinski definition) is 1. The van der Waals surface area contributed by atoms with Gasteiger partial charge in [-0.2, -0.15) is 0 Å². The predicted molar refractivity (Wildman–Crippen MR) is 66.3 cm³/mol. The average molecular weight is 226 g/mol. The van der Waals surface area contributed by atoms with Crippen molar-refractivity contribution in [2.75, 3.05) is 26.2 Å². The van der Waals surface area contributed by atoms with E-state index in [4.69, 9.17) is 4.74 Å². The summed E-state index contributed by atoms with van der Waals surface area (Å²) in [7, 11) is 0. The molecular formula is C13H26N2O. The molecule has 0 radical (unpaired) electrons. The van der Waals surface area contributed by atoms with Crippen LogP contribution < -0.4 is 5.32 Å². The molecule has 2 rings (SSSR count). The van der Waals surface area contributed by atoms with Crippen LogP contribution in [-0.2, 0) is 4.74 Å². The third-order valence-electron chi connectivity index (χ3n) is 3.88. The van der Waals surface area contributed by atoms with Gasteiger partial charge in [0.25, 0.3) is 0 Å². The lowest BCUT2D eigenvalue weighted by Crippen LogP contribution is -2.52.